The van der Waals surface area contributed by atoms with E-state index >= 15 is 0 Å². The van der Waals surface area contributed by atoms with Gasteiger partial charge in [-0.05, 0) is 19.1 Å². The Morgan fingerprint density at radius 2 is 1.94 bits per heavy atom. The van der Waals surface area contributed by atoms with Crippen LogP contribution in [0.15, 0.2) is 30.5 Å². The fourth-order valence-corrected chi connectivity index (χ4v) is 1.72. The predicted octanol–water partition coefficient (Wildman–Crippen LogP) is 1.99. The quantitative estimate of drug-likeness (QED) is 0.637. The molecule has 0 aliphatic rings. The smallest absolute Gasteiger partial charge is 0.224 e. The summed E-state index contributed by atoms with van der Waals surface area (Å²) >= 11 is 0. The van der Waals surface area contributed by atoms with Crippen LogP contribution in [0, 0.1) is 6.92 Å². The lowest BCUT2D eigenvalue weighted by Gasteiger charge is -2.07. The fraction of sp³-hybridized carbons (Fsp3) is 0.0833. The number of hydrogen-bond acceptors (Lipinski definition) is 5. The number of benzene rings is 1. The monoisotopic (exact) mass is 240 g/mol. The Bertz CT molecular complexity index is 685. The van der Waals surface area contributed by atoms with Crippen molar-refractivity contribution in [2.24, 2.45) is 0 Å². The van der Waals surface area contributed by atoms with Crippen LogP contribution in [0.4, 0.5) is 17.5 Å². The number of nitrogen functional groups attached to an aromatic ring is 1. The molecule has 0 saturated carbocycles. The van der Waals surface area contributed by atoms with E-state index in [4.69, 9.17) is 5.73 Å². The number of anilines is 3. The maximum Gasteiger partial charge on any atom is 0.224 e. The number of H-pyrrole nitrogens is 1. The van der Waals surface area contributed by atoms with Crippen LogP contribution in [0.3, 0.4) is 0 Å². The second-order valence-corrected chi connectivity index (χ2v) is 4.05. The second kappa shape index (κ2) is 3.99. The van der Waals surface area contributed by atoms with E-state index in [9.17, 15) is 0 Å². The van der Waals surface area contributed by atoms with Crippen molar-refractivity contribution in [2.75, 3.05) is 11.1 Å². The molecule has 0 aliphatic carbocycles. The Morgan fingerprint density at radius 1 is 1.17 bits per heavy atom. The molecular weight excluding hydrogens is 228 g/mol. The second-order valence-electron chi connectivity index (χ2n) is 4.05. The lowest BCUT2D eigenvalue weighted by atomic mass is 10.2. The summed E-state index contributed by atoms with van der Waals surface area (Å²) in [6.45, 7) is 2.04. The molecule has 6 heteroatoms. The van der Waals surface area contributed by atoms with Gasteiger partial charge in [-0.25, -0.2) is 0 Å². The molecule has 0 unspecified atom stereocenters. The first-order valence-corrected chi connectivity index (χ1v) is 5.52. The van der Waals surface area contributed by atoms with Crippen LogP contribution in [0.25, 0.3) is 11.0 Å². The third kappa shape index (κ3) is 1.84. The van der Waals surface area contributed by atoms with Crippen molar-refractivity contribution in [3.8, 4) is 0 Å². The first kappa shape index (κ1) is 10.5. The van der Waals surface area contributed by atoms with Crippen molar-refractivity contribution < 1.29 is 0 Å². The van der Waals surface area contributed by atoms with E-state index in [1.807, 2.05) is 31.2 Å². The van der Waals surface area contributed by atoms with Gasteiger partial charge < -0.3 is 11.1 Å². The van der Waals surface area contributed by atoms with Crippen LogP contribution in [0.2, 0.25) is 0 Å². The molecule has 2 aromatic heterocycles. The molecule has 90 valence electrons. The highest BCUT2D eigenvalue weighted by Crippen LogP contribution is 2.22. The van der Waals surface area contributed by atoms with Gasteiger partial charge in [0.1, 0.15) is 5.82 Å². The Morgan fingerprint density at radius 3 is 2.72 bits per heavy atom. The molecule has 0 atom stereocenters. The number of aryl methyl sites for hydroxylation is 1. The van der Waals surface area contributed by atoms with Gasteiger partial charge in [0.25, 0.3) is 0 Å². The molecular formula is C12H12N6. The number of aromatic nitrogens is 4. The molecule has 1 aromatic carbocycles. The summed E-state index contributed by atoms with van der Waals surface area (Å²) in [6, 6.07) is 8.03. The summed E-state index contributed by atoms with van der Waals surface area (Å²) in [4.78, 5) is 8.25. The van der Waals surface area contributed by atoms with Gasteiger partial charge in [-0.2, -0.15) is 15.1 Å². The van der Waals surface area contributed by atoms with Crippen LogP contribution >= 0.6 is 0 Å². The molecule has 0 aliphatic heterocycles. The van der Waals surface area contributed by atoms with Gasteiger partial charge in [0.2, 0.25) is 5.95 Å². The van der Waals surface area contributed by atoms with Gasteiger partial charge >= 0.3 is 0 Å². The zero-order valence-corrected chi connectivity index (χ0v) is 9.81. The molecule has 0 radical (unpaired) electrons. The van der Waals surface area contributed by atoms with E-state index in [1.165, 1.54) is 5.56 Å². The van der Waals surface area contributed by atoms with Crippen LogP contribution in [0.5, 0.6) is 0 Å². The number of aromatic amines is 1. The number of nitrogens with two attached hydrogens (primary N) is 1. The fourth-order valence-electron chi connectivity index (χ4n) is 1.72. The minimum absolute atomic E-state index is 0.210. The number of fused-ring (bicyclic) bond motifs is 1. The average Bonchev–Trinajstić information content (AvgIpc) is 2.80. The number of nitrogens with zero attached hydrogens (tertiary/aromatic N) is 3. The van der Waals surface area contributed by atoms with Gasteiger partial charge in [-0.1, -0.05) is 17.7 Å². The van der Waals surface area contributed by atoms with E-state index in [1.54, 1.807) is 6.20 Å². The van der Waals surface area contributed by atoms with Gasteiger partial charge in [0.05, 0.1) is 11.6 Å². The van der Waals surface area contributed by atoms with Gasteiger partial charge in [-0.15, -0.1) is 0 Å². The summed E-state index contributed by atoms with van der Waals surface area (Å²) in [7, 11) is 0. The van der Waals surface area contributed by atoms with Crippen molar-refractivity contribution in [1.29, 1.82) is 0 Å². The third-order valence-corrected chi connectivity index (χ3v) is 2.64. The zero-order chi connectivity index (χ0) is 12.5. The lowest BCUT2D eigenvalue weighted by molar-refractivity contribution is 1.09. The Hall–Kier alpha value is -2.63. The first-order chi connectivity index (χ1) is 8.72. The van der Waals surface area contributed by atoms with E-state index in [2.05, 4.69) is 25.5 Å². The molecule has 6 nitrogen and oxygen atoms in total. The zero-order valence-electron chi connectivity index (χ0n) is 9.81. The highest BCUT2D eigenvalue weighted by atomic mass is 15.2. The van der Waals surface area contributed by atoms with Gasteiger partial charge in [-0.3, -0.25) is 5.10 Å². The standard InChI is InChI=1S/C12H12N6/c1-7-2-4-8(5-3-7)15-10-9-6-14-18-11(9)17-12(13)16-10/h2-6H,1H3,(H4,13,14,15,16,17,18). The normalized spacial score (nSPS) is 10.7. The Labute approximate surface area is 103 Å². The molecule has 18 heavy (non-hydrogen) atoms. The van der Waals surface area contributed by atoms with Crippen LogP contribution < -0.4 is 11.1 Å². The van der Waals surface area contributed by atoms with Crippen molar-refractivity contribution in [3.05, 3.63) is 36.0 Å². The first-order valence-electron chi connectivity index (χ1n) is 5.52. The molecule has 0 amide bonds. The Kier molecular flexibility index (Phi) is 2.33. The van der Waals surface area contributed by atoms with Crippen molar-refractivity contribution in [3.63, 3.8) is 0 Å². The third-order valence-electron chi connectivity index (χ3n) is 2.64. The molecule has 0 spiro atoms. The minimum Gasteiger partial charge on any atom is -0.368 e. The van der Waals surface area contributed by atoms with Crippen LogP contribution in [0.1, 0.15) is 5.56 Å². The molecule has 2 heterocycles. The maximum atomic E-state index is 5.65. The Balaban J connectivity index is 2.03. The summed E-state index contributed by atoms with van der Waals surface area (Å²) < 4.78 is 0. The lowest BCUT2D eigenvalue weighted by Crippen LogP contribution is -2.00. The van der Waals surface area contributed by atoms with Crippen molar-refractivity contribution in [2.45, 2.75) is 6.92 Å². The number of rotatable bonds is 2. The van der Waals surface area contributed by atoms with Gasteiger partial charge in [0, 0.05) is 5.69 Å². The molecule has 4 N–H and O–H groups in total. The predicted molar refractivity (Wildman–Crippen MR) is 70.6 cm³/mol. The van der Waals surface area contributed by atoms with Gasteiger partial charge in [0.15, 0.2) is 5.65 Å². The summed E-state index contributed by atoms with van der Waals surface area (Å²) in [6.07, 6.45) is 1.67. The van der Waals surface area contributed by atoms with E-state index in [0.29, 0.717) is 11.5 Å². The highest BCUT2D eigenvalue weighted by molar-refractivity contribution is 5.88. The van der Waals surface area contributed by atoms with E-state index in [-0.39, 0.29) is 5.95 Å². The molecule has 0 saturated heterocycles. The summed E-state index contributed by atoms with van der Waals surface area (Å²) in [5.41, 5.74) is 8.42. The average molecular weight is 240 g/mol. The maximum absolute atomic E-state index is 5.65. The molecule has 0 bridgehead atoms. The number of hydrogen-bond donors (Lipinski definition) is 3. The van der Waals surface area contributed by atoms with Crippen LogP contribution in [-0.2, 0) is 0 Å². The SMILES string of the molecule is Cc1ccc(Nc2nc(N)nc3[nH]ncc23)cc1. The molecule has 0 fully saturated rings. The minimum atomic E-state index is 0.210. The van der Waals surface area contributed by atoms with Crippen molar-refractivity contribution >= 4 is 28.5 Å². The summed E-state index contributed by atoms with van der Waals surface area (Å²) in [5.74, 6) is 0.858. The van der Waals surface area contributed by atoms with Crippen LogP contribution in [-0.4, -0.2) is 20.2 Å². The largest absolute Gasteiger partial charge is 0.368 e. The van der Waals surface area contributed by atoms with E-state index < -0.39 is 0 Å². The van der Waals surface area contributed by atoms with E-state index in [0.717, 1.165) is 11.1 Å². The number of nitrogens with one attached hydrogen (secondary N) is 2. The highest BCUT2D eigenvalue weighted by Gasteiger charge is 2.07. The topological polar surface area (TPSA) is 92.5 Å². The molecule has 3 aromatic rings. The summed E-state index contributed by atoms with van der Waals surface area (Å²) in [5, 5.41) is 10.7. The van der Waals surface area contributed by atoms with Crippen molar-refractivity contribution in [1.82, 2.24) is 20.2 Å². The molecule has 3 rings (SSSR count).